The normalized spacial score (nSPS) is 10.3. The van der Waals surface area contributed by atoms with Gasteiger partial charge in [0.1, 0.15) is 0 Å². The van der Waals surface area contributed by atoms with Crippen molar-refractivity contribution in [1.82, 2.24) is 4.98 Å². The Balaban J connectivity index is 2.53. The van der Waals surface area contributed by atoms with Crippen LogP contribution in [-0.2, 0) is 0 Å². The molecule has 15 heavy (non-hydrogen) atoms. The molecule has 0 atom stereocenters. The van der Waals surface area contributed by atoms with Crippen LogP contribution in [0.3, 0.4) is 0 Å². The molecule has 0 saturated heterocycles. The third-order valence-corrected chi connectivity index (χ3v) is 2.56. The highest BCUT2D eigenvalue weighted by atomic mass is 35.5. The maximum Gasteiger partial charge on any atom is 0.0719 e. The minimum atomic E-state index is 0.622. The van der Waals surface area contributed by atoms with Gasteiger partial charge in [0.2, 0.25) is 0 Å². The van der Waals surface area contributed by atoms with Gasteiger partial charge in [-0.25, -0.2) is 0 Å². The number of halogens is 2. The molecule has 0 radical (unpaired) electrons. The minimum Gasteiger partial charge on any atom is -0.397 e. The SMILES string of the molecule is Nc1ccc(-c2cc(Cl)ccc2Cl)nc1. The van der Waals surface area contributed by atoms with Gasteiger partial charge in [0.05, 0.1) is 22.6 Å². The van der Waals surface area contributed by atoms with Gasteiger partial charge in [0.15, 0.2) is 0 Å². The molecule has 0 aliphatic rings. The number of aromatic nitrogens is 1. The van der Waals surface area contributed by atoms with Gasteiger partial charge < -0.3 is 5.73 Å². The van der Waals surface area contributed by atoms with Crippen LogP contribution in [0.15, 0.2) is 36.5 Å². The minimum absolute atomic E-state index is 0.622. The summed E-state index contributed by atoms with van der Waals surface area (Å²) >= 11 is 11.9. The van der Waals surface area contributed by atoms with E-state index in [2.05, 4.69) is 4.98 Å². The number of nitrogens with zero attached hydrogens (tertiary/aromatic N) is 1. The predicted molar refractivity (Wildman–Crippen MR) is 64.1 cm³/mol. The highest BCUT2D eigenvalue weighted by molar-refractivity contribution is 6.35. The van der Waals surface area contributed by atoms with Crippen molar-refractivity contribution in [2.24, 2.45) is 0 Å². The third kappa shape index (κ3) is 2.22. The summed E-state index contributed by atoms with van der Waals surface area (Å²) in [6.45, 7) is 0. The molecule has 1 aromatic heterocycles. The Morgan fingerprint density at radius 1 is 1.07 bits per heavy atom. The Morgan fingerprint density at radius 2 is 1.87 bits per heavy atom. The second-order valence-corrected chi connectivity index (χ2v) is 3.94. The second kappa shape index (κ2) is 4.09. The second-order valence-electron chi connectivity index (χ2n) is 3.10. The van der Waals surface area contributed by atoms with Crippen molar-refractivity contribution in [2.45, 2.75) is 0 Å². The molecule has 2 nitrogen and oxygen atoms in total. The van der Waals surface area contributed by atoms with Crippen LogP contribution in [0.25, 0.3) is 11.3 Å². The summed E-state index contributed by atoms with van der Waals surface area (Å²) in [5, 5.41) is 1.25. The van der Waals surface area contributed by atoms with E-state index in [1.165, 1.54) is 0 Å². The molecule has 76 valence electrons. The van der Waals surface area contributed by atoms with Crippen molar-refractivity contribution in [3.63, 3.8) is 0 Å². The fraction of sp³-hybridized carbons (Fsp3) is 0. The number of benzene rings is 1. The summed E-state index contributed by atoms with van der Waals surface area (Å²) < 4.78 is 0. The number of rotatable bonds is 1. The lowest BCUT2D eigenvalue weighted by Gasteiger charge is -2.04. The standard InChI is InChI=1S/C11H8Cl2N2/c12-7-1-3-10(13)9(5-7)11-4-2-8(14)6-15-11/h1-6H,14H2. The average molecular weight is 239 g/mol. The molecule has 0 bridgehead atoms. The van der Waals surface area contributed by atoms with Crippen molar-refractivity contribution < 1.29 is 0 Å². The molecule has 0 amide bonds. The maximum absolute atomic E-state index is 6.04. The van der Waals surface area contributed by atoms with E-state index in [1.807, 2.05) is 6.07 Å². The van der Waals surface area contributed by atoms with Gasteiger partial charge in [-0.1, -0.05) is 23.2 Å². The topological polar surface area (TPSA) is 38.9 Å². The lowest BCUT2D eigenvalue weighted by Crippen LogP contribution is -1.88. The largest absolute Gasteiger partial charge is 0.397 e. The predicted octanol–water partition coefficient (Wildman–Crippen LogP) is 3.64. The summed E-state index contributed by atoms with van der Waals surface area (Å²) in [7, 11) is 0. The van der Waals surface area contributed by atoms with Gasteiger partial charge in [-0.2, -0.15) is 0 Å². The van der Waals surface area contributed by atoms with E-state index in [0.29, 0.717) is 15.7 Å². The number of pyridine rings is 1. The van der Waals surface area contributed by atoms with Crippen molar-refractivity contribution in [2.75, 3.05) is 5.73 Å². The smallest absolute Gasteiger partial charge is 0.0719 e. The van der Waals surface area contributed by atoms with Crippen molar-refractivity contribution in [3.8, 4) is 11.3 Å². The fourth-order valence-corrected chi connectivity index (χ4v) is 1.64. The first kappa shape index (κ1) is 10.3. The summed E-state index contributed by atoms with van der Waals surface area (Å²) in [4.78, 5) is 4.18. The number of anilines is 1. The Labute approximate surface area is 97.7 Å². The Bertz CT molecular complexity index is 480. The van der Waals surface area contributed by atoms with E-state index in [4.69, 9.17) is 28.9 Å². The quantitative estimate of drug-likeness (QED) is 0.825. The summed E-state index contributed by atoms with van der Waals surface area (Å²) in [5.74, 6) is 0. The molecule has 0 aliphatic carbocycles. The molecule has 2 rings (SSSR count). The van der Waals surface area contributed by atoms with E-state index >= 15 is 0 Å². The molecule has 0 saturated carbocycles. The van der Waals surface area contributed by atoms with Crippen LogP contribution in [0.4, 0.5) is 5.69 Å². The molecule has 1 heterocycles. The molecule has 1 aromatic carbocycles. The van der Waals surface area contributed by atoms with Gasteiger partial charge in [-0.15, -0.1) is 0 Å². The summed E-state index contributed by atoms with van der Waals surface area (Å²) in [6.07, 6.45) is 1.59. The van der Waals surface area contributed by atoms with Crippen molar-refractivity contribution >= 4 is 28.9 Å². The van der Waals surface area contributed by atoms with Crippen LogP contribution in [0.1, 0.15) is 0 Å². The molecule has 0 unspecified atom stereocenters. The van der Waals surface area contributed by atoms with E-state index in [0.717, 1.165) is 11.3 Å². The first-order valence-corrected chi connectivity index (χ1v) is 5.09. The zero-order chi connectivity index (χ0) is 10.8. The third-order valence-electron chi connectivity index (χ3n) is 1.99. The number of hydrogen-bond donors (Lipinski definition) is 1. The maximum atomic E-state index is 6.04. The van der Waals surface area contributed by atoms with Gasteiger partial charge >= 0.3 is 0 Å². The monoisotopic (exact) mass is 238 g/mol. The molecule has 0 spiro atoms. The highest BCUT2D eigenvalue weighted by Crippen LogP contribution is 2.29. The molecule has 2 N–H and O–H groups in total. The lowest BCUT2D eigenvalue weighted by molar-refractivity contribution is 1.33. The van der Waals surface area contributed by atoms with Crippen LogP contribution in [0.5, 0.6) is 0 Å². The van der Waals surface area contributed by atoms with Crippen LogP contribution >= 0.6 is 23.2 Å². The first-order valence-electron chi connectivity index (χ1n) is 4.34. The molecule has 0 fully saturated rings. The number of nitrogens with two attached hydrogens (primary N) is 1. The van der Waals surface area contributed by atoms with Crippen LogP contribution in [0.2, 0.25) is 10.0 Å². The van der Waals surface area contributed by atoms with Gasteiger partial charge in [-0.05, 0) is 30.3 Å². The number of nitrogen functional groups attached to an aromatic ring is 1. The van der Waals surface area contributed by atoms with Crippen LogP contribution in [-0.4, -0.2) is 4.98 Å². The lowest BCUT2D eigenvalue weighted by atomic mass is 10.1. The molecule has 2 aromatic rings. The van der Waals surface area contributed by atoms with E-state index in [9.17, 15) is 0 Å². The van der Waals surface area contributed by atoms with Gasteiger partial charge in [-0.3, -0.25) is 4.98 Å². The molecule has 0 aliphatic heterocycles. The Hall–Kier alpha value is -1.25. The highest BCUT2D eigenvalue weighted by Gasteiger charge is 2.05. The van der Waals surface area contributed by atoms with Crippen LogP contribution in [0, 0.1) is 0 Å². The van der Waals surface area contributed by atoms with E-state index < -0.39 is 0 Å². The van der Waals surface area contributed by atoms with Crippen molar-refractivity contribution in [3.05, 3.63) is 46.6 Å². The van der Waals surface area contributed by atoms with Crippen LogP contribution < -0.4 is 5.73 Å². The van der Waals surface area contributed by atoms with Gasteiger partial charge in [0, 0.05) is 10.6 Å². The molecular weight excluding hydrogens is 231 g/mol. The fourth-order valence-electron chi connectivity index (χ4n) is 1.26. The summed E-state index contributed by atoms with van der Waals surface area (Å²) in [5.41, 5.74) is 7.74. The number of hydrogen-bond acceptors (Lipinski definition) is 2. The molecular formula is C11H8Cl2N2. The average Bonchev–Trinajstić information content (AvgIpc) is 2.23. The van der Waals surface area contributed by atoms with Crippen molar-refractivity contribution in [1.29, 1.82) is 0 Å². The summed E-state index contributed by atoms with van der Waals surface area (Å²) in [6, 6.07) is 8.86. The van der Waals surface area contributed by atoms with E-state index in [-0.39, 0.29) is 0 Å². The van der Waals surface area contributed by atoms with E-state index in [1.54, 1.807) is 30.5 Å². The Morgan fingerprint density at radius 3 is 2.53 bits per heavy atom. The van der Waals surface area contributed by atoms with Gasteiger partial charge in [0.25, 0.3) is 0 Å². The molecule has 4 heteroatoms. The zero-order valence-corrected chi connectivity index (χ0v) is 9.26. The Kier molecular flexibility index (Phi) is 2.80. The first-order chi connectivity index (χ1) is 7.16. The zero-order valence-electron chi connectivity index (χ0n) is 7.74.